The Morgan fingerprint density at radius 3 is 1.14 bits per heavy atom. The normalized spacial score (nSPS) is 17.4. The summed E-state index contributed by atoms with van der Waals surface area (Å²) in [6.45, 7) is 0. The molecule has 0 spiro atoms. The van der Waals surface area contributed by atoms with Gasteiger partial charge in [0, 0.05) is 22.3 Å². The molecule has 2 aliphatic carbocycles. The Hall–Kier alpha value is -3.86. The maximum atomic E-state index is 13.6. The minimum absolute atomic E-state index is 0.0752. The second-order valence-corrected chi connectivity index (χ2v) is 11.7. The number of hydrogen-bond donors (Lipinski definition) is 2. The molecule has 0 aromatic heterocycles. The van der Waals surface area contributed by atoms with Crippen LogP contribution in [0.1, 0.15) is 107 Å². The van der Waals surface area contributed by atoms with Gasteiger partial charge in [0.1, 0.15) is 0 Å². The Balaban J connectivity index is 0.000000211. The molecule has 6 rings (SSSR count). The first-order valence-electron chi connectivity index (χ1n) is 15.2. The van der Waals surface area contributed by atoms with Crippen molar-refractivity contribution in [2.24, 2.45) is 0 Å². The van der Waals surface area contributed by atoms with E-state index < -0.39 is 11.2 Å². The Labute approximate surface area is 249 Å². The van der Waals surface area contributed by atoms with Gasteiger partial charge >= 0.3 is 0 Å². The highest BCUT2D eigenvalue weighted by atomic mass is 16.3. The highest BCUT2D eigenvalue weighted by Gasteiger charge is 2.37. The first-order chi connectivity index (χ1) is 20.4. The summed E-state index contributed by atoms with van der Waals surface area (Å²) in [6.07, 6.45) is 8.98. The zero-order chi connectivity index (χ0) is 29.4. The topological polar surface area (TPSA) is 74.6 Å². The van der Waals surface area contributed by atoms with E-state index in [2.05, 4.69) is 0 Å². The van der Waals surface area contributed by atoms with Gasteiger partial charge in [-0.3, -0.25) is 9.59 Å². The first-order valence-corrected chi connectivity index (χ1v) is 15.2. The van der Waals surface area contributed by atoms with Crippen molar-refractivity contribution >= 4 is 11.6 Å². The molecule has 2 N–H and O–H groups in total. The molecule has 0 saturated heterocycles. The number of carbonyl (C=O) groups is 2. The van der Waals surface area contributed by atoms with Crippen LogP contribution in [0.4, 0.5) is 0 Å². The van der Waals surface area contributed by atoms with Gasteiger partial charge in [-0.1, -0.05) is 148 Å². The van der Waals surface area contributed by atoms with E-state index in [1.54, 1.807) is 0 Å². The number of carbonyl (C=O) groups excluding carboxylic acids is 2. The van der Waals surface area contributed by atoms with Gasteiger partial charge in [-0.2, -0.15) is 0 Å². The van der Waals surface area contributed by atoms with E-state index in [0.29, 0.717) is 36.8 Å². The van der Waals surface area contributed by atoms with Crippen molar-refractivity contribution in [3.05, 3.63) is 143 Å². The Bertz CT molecular complexity index is 1370. The Kier molecular flexibility index (Phi) is 9.46. The van der Waals surface area contributed by atoms with Crippen LogP contribution in [0.3, 0.4) is 0 Å². The Morgan fingerprint density at radius 1 is 0.429 bits per heavy atom. The molecule has 4 heteroatoms. The lowest BCUT2D eigenvalue weighted by atomic mass is 9.74. The number of ketones is 2. The Morgan fingerprint density at radius 2 is 0.762 bits per heavy atom. The molecule has 4 aromatic rings. The van der Waals surface area contributed by atoms with E-state index in [1.165, 1.54) is 0 Å². The summed E-state index contributed by atoms with van der Waals surface area (Å²) in [7, 11) is 0. The predicted octanol–water partition coefficient (Wildman–Crippen LogP) is 8.14. The van der Waals surface area contributed by atoms with E-state index in [9.17, 15) is 19.8 Å². The van der Waals surface area contributed by atoms with Gasteiger partial charge in [-0.25, -0.2) is 0 Å². The van der Waals surface area contributed by atoms with Crippen LogP contribution in [0.25, 0.3) is 0 Å². The molecular formula is C38H40O4. The van der Waals surface area contributed by atoms with Crippen molar-refractivity contribution in [2.75, 3.05) is 0 Å². The van der Waals surface area contributed by atoms with Crippen LogP contribution >= 0.6 is 0 Å². The summed E-state index contributed by atoms with van der Waals surface area (Å²) in [4.78, 5) is 25.5. The molecule has 0 unspecified atom stereocenters. The molecule has 2 fully saturated rings. The van der Waals surface area contributed by atoms with Gasteiger partial charge < -0.3 is 10.2 Å². The van der Waals surface area contributed by atoms with Crippen molar-refractivity contribution in [2.45, 2.75) is 75.4 Å². The molecule has 4 aromatic carbocycles. The summed E-state index contributed by atoms with van der Waals surface area (Å²) in [5, 5.41) is 22.6. The van der Waals surface area contributed by atoms with Gasteiger partial charge in [0.2, 0.25) is 0 Å². The number of rotatable bonds is 6. The van der Waals surface area contributed by atoms with Crippen LogP contribution in [0.15, 0.2) is 109 Å². The van der Waals surface area contributed by atoms with Crippen molar-refractivity contribution in [1.82, 2.24) is 0 Å². The lowest BCUT2D eigenvalue weighted by Crippen LogP contribution is -2.32. The maximum Gasteiger partial charge on any atom is 0.193 e. The smallest absolute Gasteiger partial charge is 0.193 e. The fourth-order valence-electron chi connectivity index (χ4n) is 6.48. The predicted molar refractivity (Wildman–Crippen MR) is 167 cm³/mol. The van der Waals surface area contributed by atoms with Crippen LogP contribution in [-0.2, 0) is 11.2 Å². The lowest BCUT2D eigenvalue weighted by molar-refractivity contribution is -0.00188. The summed E-state index contributed by atoms with van der Waals surface area (Å²) in [5.41, 5.74) is 2.23. The fourth-order valence-corrected chi connectivity index (χ4v) is 6.48. The second kappa shape index (κ2) is 13.4. The van der Waals surface area contributed by atoms with Gasteiger partial charge in [-0.15, -0.1) is 0 Å². The highest BCUT2D eigenvalue weighted by molar-refractivity contribution is 6.11. The van der Waals surface area contributed by atoms with Crippen molar-refractivity contribution in [1.29, 1.82) is 0 Å². The minimum Gasteiger partial charge on any atom is -0.385 e. The average molecular weight is 561 g/mol. The van der Waals surface area contributed by atoms with Crippen molar-refractivity contribution < 1.29 is 19.8 Å². The number of benzene rings is 4. The SMILES string of the molecule is O=C(c1ccccc1)c1ccccc1.O=C(c1ccccc1C1(O)CCCCC1)c1ccccc1C1(O)CCCCC1. The minimum atomic E-state index is -0.929. The van der Waals surface area contributed by atoms with E-state index in [0.717, 1.165) is 60.8 Å². The first kappa shape index (κ1) is 29.6. The van der Waals surface area contributed by atoms with E-state index >= 15 is 0 Å². The quantitative estimate of drug-likeness (QED) is 0.234. The summed E-state index contributed by atoms with van der Waals surface area (Å²) >= 11 is 0. The molecule has 0 atom stereocenters. The molecule has 42 heavy (non-hydrogen) atoms. The molecule has 216 valence electrons. The monoisotopic (exact) mass is 560 g/mol. The van der Waals surface area contributed by atoms with Gasteiger partial charge in [0.05, 0.1) is 11.2 Å². The van der Waals surface area contributed by atoms with Gasteiger partial charge in [0.25, 0.3) is 0 Å². The molecular weight excluding hydrogens is 520 g/mol. The summed E-state index contributed by atoms with van der Waals surface area (Å²) in [5.74, 6) is -0.0182. The van der Waals surface area contributed by atoms with Crippen LogP contribution in [0, 0.1) is 0 Å². The van der Waals surface area contributed by atoms with Crippen LogP contribution in [-0.4, -0.2) is 21.8 Å². The molecule has 2 saturated carbocycles. The molecule has 0 amide bonds. The third kappa shape index (κ3) is 6.61. The van der Waals surface area contributed by atoms with Crippen LogP contribution < -0.4 is 0 Å². The largest absolute Gasteiger partial charge is 0.385 e. The van der Waals surface area contributed by atoms with Gasteiger partial charge in [0.15, 0.2) is 11.6 Å². The molecule has 2 aliphatic rings. The van der Waals surface area contributed by atoms with E-state index in [1.807, 2.05) is 109 Å². The van der Waals surface area contributed by atoms with Crippen molar-refractivity contribution in [3.63, 3.8) is 0 Å². The maximum absolute atomic E-state index is 13.6. The van der Waals surface area contributed by atoms with Crippen molar-refractivity contribution in [3.8, 4) is 0 Å². The number of hydrogen-bond acceptors (Lipinski definition) is 4. The third-order valence-electron chi connectivity index (χ3n) is 8.78. The lowest BCUT2D eigenvalue weighted by Gasteiger charge is -2.35. The zero-order valence-electron chi connectivity index (χ0n) is 24.2. The average Bonchev–Trinajstić information content (AvgIpc) is 3.06. The number of aliphatic hydroxyl groups is 2. The summed E-state index contributed by atoms with van der Waals surface area (Å²) < 4.78 is 0. The zero-order valence-corrected chi connectivity index (χ0v) is 24.2. The fraction of sp³-hybridized carbons (Fsp3) is 0.316. The van der Waals surface area contributed by atoms with Crippen LogP contribution in [0.2, 0.25) is 0 Å². The van der Waals surface area contributed by atoms with Crippen LogP contribution in [0.5, 0.6) is 0 Å². The van der Waals surface area contributed by atoms with E-state index in [4.69, 9.17) is 0 Å². The molecule has 0 bridgehead atoms. The molecule has 0 aliphatic heterocycles. The molecule has 0 heterocycles. The highest BCUT2D eigenvalue weighted by Crippen LogP contribution is 2.41. The third-order valence-corrected chi connectivity index (χ3v) is 8.78. The van der Waals surface area contributed by atoms with Gasteiger partial charge in [-0.05, 0) is 36.8 Å². The standard InChI is InChI=1S/C25H30O3.C13H10O/c26-23(19-11-3-5-13-21(19)24(27)15-7-1-8-16-24)20-12-4-6-14-22(20)25(28)17-9-2-10-18-25;14-13(11-7-3-1-4-8-11)12-9-5-2-6-10-12/h3-6,11-14,27-28H,1-2,7-10,15-18H2;1-10H. The molecule has 0 radical (unpaired) electrons. The summed E-state index contributed by atoms with van der Waals surface area (Å²) in [6, 6.07) is 33.6. The second-order valence-electron chi connectivity index (χ2n) is 11.7. The molecule has 4 nitrogen and oxygen atoms in total. The van der Waals surface area contributed by atoms with E-state index in [-0.39, 0.29) is 11.6 Å².